The van der Waals surface area contributed by atoms with Gasteiger partial charge in [-0.1, -0.05) is 19.0 Å². The van der Waals surface area contributed by atoms with Crippen molar-refractivity contribution in [3.8, 4) is 11.4 Å². The zero-order chi connectivity index (χ0) is 13.7. The first kappa shape index (κ1) is 13.7. The highest BCUT2D eigenvalue weighted by molar-refractivity contribution is 5.50. The largest absolute Gasteiger partial charge is 0.339 e. The molecule has 6 nitrogen and oxygen atoms in total. The summed E-state index contributed by atoms with van der Waals surface area (Å²) >= 11 is 0. The molecule has 0 aromatic carbocycles. The van der Waals surface area contributed by atoms with Gasteiger partial charge in [0.25, 0.3) is 0 Å². The highest BCUT2D eigenvalue weighted by atomic mass is 16.5. The van der Waals surface area contributed by atoms with Crippen molar-refractivity contribution >= 4 is 0 Å². The Labute approximate surface area is 113 Å². The summed E-state index contributed by atoms with van der Waals surface area (Å²) in [5.74, 6) is 1.28. The molecule has 0 spiro atoms. The van der Waals surface area contributed by atoms with Crippen LogP contribution in [0.5, 0.6) is 0 Å². The van der Waals surface area contributed by atoms with E-state index in [9.17, 15) is 0 Å². The summed E-state index contributed by atoms with van der Waals surface area (Å²) in [6, 6.07) is 0.391. The molecule has 1 N–H and O–H groups in total. The molecule has 2 aromatic heterocycles. The molecule has 0 amide bonds. The number of aromatic nitrogens is 4. The molecule has 0 saturated heterocycles. The van der Waals surface area contributed by atoms with E-state index in [1.165, 1.54) is 0 Å². The first-order valence-corrected chi connectivity index (χ1v) is 6.77. The number of hydrogen-bond acceptors (Lipinski definition) is 5. The maximum atomic E-state index is 5.30. The van der Waals surface area contributed by atoms with Crippen molar-refractivity contribution in [1.29, 1.82) is 0 Å². The normalized spacial score (nSPS) is 12.8. The second-order valence-corrected chi connectivity index (χ2v) is 4.68. The standard InChI is InChI=1S/C13H21N5O/c1-4-6-14-11(5-2)7-12-16-13(17-19-12)10-8-15-18(3)9-10/h8-9,11,14H,4-7H2,1-3H3. The molecule has 2 rings (SSSR count). The summed E-state index contributed by atoms with van der Waals surface area (Å²) in [5, 5.41) is 11.6. The van der Waals surface area contributed by atoms with E-state index in [0.29, 0.717) is 17.8 Å². The molecule has 0 fully saturated rings. The van der Waals surface area contributed by atoms with Gasteiger partial charge in [0.05, 0.1) is 11.8 Å². The summed E-state index contributed by atoms with van der Waals surface area (Å²) < 4.78 is 7.03. The first-order chi connectivity index (χ1) is 9.22. The fourth-order valence-electron chi connectivity index (χ4n) is 1.91. The van der Waals surface area contributed by atoms with Gasteiger partial charge in [0.2, 0.25) is 11.7 Å². The highest BCUT2D eigenvalue weighted by Crippen LogP contribution is 2.15. The Morgan fingerprint density at radius 1 is 1.42 bits per heavy atom. The summed E-state index contributed by atoms with van der Waals surface area (Å²) in [7, 11) is 1.87. The lowest BCUT2D eigenvalue weighted by molar-refractivity contribution is 0.354. The molecule has 0 radical (unpaired) electrons. The predicted molar refractivity (Wildman–Crippen MR) is 72.6 cm³/mol. The van der Waals surface area contributed by atoms with Gasteiger partial charge in [0.15, 0.2) is 0 Å². The molecule has 6 heteroatoms. The van der Waals surface area contributed by atoms with Gasteiger partial charge < -0.3 is 9.84 Å². The minimum absolute atomic E-state index is 0.391. The third kappa shape index (κ3) is 3.64. The van der Waals surface area contributed by atoms with Crippen molar-refractivity contribution < 1.29 is 4.52 Å². The van der Waals surface area contributed by atoms with Gasteiger partial charge in [0, 0.05) is 25.7 Å². The molecule has 0 aliphatic heterocycles. The Kier molecular flexibility index (Phi) is 4.68. The van der Waals surface area contributed by atoms with E-state index in [1.807, 2.05) is 13.2 Å². The van der Waals surface area contributed by atoms with Gasteiger partial charge >= 0.3 is 0 Å². The van der Waals surface area contributed by atoms with Gasteiger partial charge in [-0.2, -0.15) is 10.1 Å². The predicted octanol–water partition coefficient (Wildman–Crippen LogP) is 1.79. The molecular weight excluding hydrogens is 242 g/mol. The smallest absolute Gasteiger partial charge is 0.228 e. The summed E-state index contributed by atoms with van der Waals surface area (Å²) in [4.78, 5) is 4.42. The average molecular weight is 263 g/mol. The van der Waals surface area contributed by atoms with Gasteiger partial charge in [-0.05, 0) is 19.4 Å². The van der Waals surface area contributed by atoms with Crippen LogP contribution in [0.15, 0.2) is 16.9 Å². The second kappa shape index (κ2) is 6.47. The molecule has 2 aromatic rings. The highest BCUT2D eigenvalue weighted by Gasteiger charge is 2.14. The number of rotatable bonds is 7. The Balaban J connectivity index is 2.00. The summed E-state index contributed by atoms with van der Waals surface area (Å²) in [6.07, 6.45) is 6.55. The number of nitrogens with one attached hydrogen (secondary N) is 1. The molecule has 1 unspecified atom stereocenters. The molecule has 2 heterocycles. The SMILES string of the molecule is CCCNC(CC)Cc1nc(-c2cnn(C)c2)no1. The topological polar surface area (TPSA) is 68.8 Å². The molecule has 1 atom stereocenters. The fourth-order valence-corrected chi connectivity index (χ4v) is 1.91. The van der Waals surface area contributed by atoms with Crippen LogP contribution in [0.3, 0.4) is 0 Å². The minimum Gasteiger partial charge on any atom is -0.339 e. The lowest BCUT2D eigenvalue weighted by Crippen LogP contribution is -2.31. The molecule has 19 heavy (non-hydrogen) atoms. The minimum atomic E-state index is 0.391. The van der Waals surface area contributed by atoms with Crippen LogP contribution in [0.2, 0.25) is 0 Å². The Hall–Kier alpha value is -1.69. The zero-order valence-corrected chi connectivity index (χ0v) is 11.8. The third-order valence-electron chi connectivity index (χ3n) is 3.03. The molecule has 0 aliphatic carbocycles. The molecular formula is C13H21N5O. The van der Waals surface area contributed by atoms with Crippen LogP contribution in [0, 0.1) is 0 Å². The van der Waals surface area contributed by atoms with Gasteiger partial charge in [-0.25, -0.2) is 0 Å². The van der Waals surface area contributed by atoms with Crippen LogP contribution in [-0.2, 0) is 13.5 Å². The average Bonchev–Trinajstić information content (AvgIpc) is 3.03. The number of hydrogen-bond donors (Lipinski definition) is 1. The van der Waals surface area contributed by atoms with E-state index in [4.69, 9.17) is 4.52 Å². The van der Waals surface area contributed by atoms with E-state index < -0.39 is 0 Å². The molecule has 0 saturated carbocycles. The van der Waals surface area contributed by atoms with E-state index in [0.717, 1.165) is 31.4 Å². The Bertz CT molecular complexity index is 505. The number of aryl methyl sites for hydroxylation is 1. The quantitative estimate of drug-likeness (QED) is 0.824. The van der Waals surface area contributed by atoms with Crippen molar-refractivity contribution in [2.45, 2.75) is 39.2 Å². The Morgan fingerprint density at radius 2 is 2.26 bits per heavy atom. The van der Waals surface area contributed by atoms with E-state index in [1.54, 1.807) is 10.9 Å². The van der Waals surface area contributed by atoms with E-state index in [2.05, 4.69) is 34.4 Å². The van der Waals surface area contributed by atoms with Crippen LogP contribution in [0.1, 0.15) is 32.6 Å². The van der Waals surface area contributed by atoms with Crippen molar-refractivity contribution in [2.75, 3.05) is 6.54 Å². The fraction of sp³-hybridized carbons (Fsp3) is 0.615. The van der Waals surface area contributed by atoms with Crippen LogP contribution >= 0.6 is 0 Å². The van der Waals surface area contributed by atoms with Gasteiger partial charge in [0.1, 0.15) is 0 Å². The molecule has 0 bridgehead atoms. The maximum absolute atomic E-state index is 5.30. The van der Waals surface area contributed by atoms with Crippen molar-refractivity contribution in [3.63, 3.8) is 0 Å². The third-order valence-corrected chi connectivity index (χ3v) is 3.03. The maximum Gasteiger partial charge on any atom is 0.228 e. The van der Waals surface area contributed by atoms with Gasteiger partial charge in [-0.15, -0.1) is 0 Å². The Morgan fingerprint density at radius 3 is 2.89 bits per heavy atom. The lowest BCUT2D eigenvalue weighted by atomic mass is 10.1. The van der Waals surface area contributed by atoms with Crippen LogP contribution in [-0.4, -0.2) is 32.5 Å². The van der Waals surface area contributed by atoms with Crippen LogP contribution in [0.25, 0.3) is 11.4 Å². The molecule has 0 aliphatic rings. The van der Waals surface area contributed by atoms with Gasteiger partial charge in [-0.3, -0.25) is 4.68 Å². The van der Waals surface area contributed by atoms with Crippen molar-refractivity contribution in [3.05, 3.63) is 18.3 Å². The van der Waals surface area contributed by atoms with E-state index >= 15 is 0 Å². The van der Waals surface area contributed by atoms with E-state index in [-0.39, 0.29) is 0 Å². The zero-order valence-electron chi connectivity index (χ0n) is 11.8. The van der Waals surface area contributed by atoms with Crippen LogP contribution < -0.4 is 5.32 Å². The molecule has 104 valence electrons. The monoisotopic (exact) mass is 263 g/mol. The number of nitrogens with zero attached hydrogens (tertiary/aromatic N) is 4. The first-order valence-electron chi connectivity index (χ1n) is 6.77. The van der Waals surface area contributed by atoms with Crippen molar-refractivity contribution in [1.82, 2.24) is 25.2 Å². The second-order valence-electron chi connectivity index (χ2n) is 4.68. The van der Waals surface area contributed by atoms with Crippen molar-refractivity contribution in [2.24, 2.45) is 7.05 Å². The van der Waals surface area contributed by atoms with Crippen LogP contribution in [0.4, 0.5) is 0 Å². The lowest BCUT2D eigenvalue weighted by Gasteiger charge is -2.13. The summed E-state index contributed by atoms with van der Waals surface area (Å²) in [5.41, 5.74) is 0.882. The summed E-state index contributed by atoms with van der Waals surface area (Å²) in [6.45, 7) is 5.33.